The molecule has 0 saturated carbocycles. The monoisotopic (exact) mass is 466 g/mol. The van der Waals surface area contributed by atoms with Crippen molar-refractivity contribution in [2.75, 3.05) is 0 Å². The highest BCUT2D eigenvalue weighted by molar-refractivity contribution is 9.11. The summed E-state index contributed by atoms with van der Waals surface area (Å²) in [6.45, 7) is 2.15. The Labute approximate surface area is 150 Å². The van der Waals surface area contributed by atoms with Gasteiger partial charge in [-0.1, -0.05) is 84.2 Å². The molecule has 0 spiro atoms. The summed E-state index contributed by atoms with van der Waals surface area (Å²) in [6, 6.07) is 19.2. The van der Waals surface area contributed by atoms with Gasteiger partial charge in [0.1, 0.15) is 0 Å². The van der Waals surface area contributed by atoms with E-state index < -0.39 is 0 Å². The van der Waals surface area contributed by atoms with Crippen molar-refractivity contribution in [2.45, 2.75) is 11.8 Å². The van der Waals surface area contributed by atoms with Gasteiger partial charge in [0.25, 0.3) is 0 Å². The van der Waals surface area contributed by atoms with E-state index in [2.05, 4.69) is 109 Å². The van der Waals surface area contributed by atoms with E-state index in [-0.39, 0.29) is 4.83 Å². The maximum Gasteiger partial charge on any atom is 0.0653 e. The molecule has 3 rings (SSSR count). The molecule has 3 heteroatoms. The van der Waals surface area contributed by atoms with Crippen LogP contribution < -0.4 is 0 Å². The molecule has 0 aliphatic rings. The lowest BCUT2D eigenvalue weighted by Gasteiger charge is -2.17. The minimum absolute atomic E-state index is 0.184. The lowest BCUT2D eigenvalue weighted by atomic mass is 9.96. The van der Waals surface area contributed by atoms with E-state index in [1.807, 2.05) is 0 Å². The molecular weight excluding hydrogens is 456 g/mol. The van der Waals surface area contributed by atoms with Crippen LogP contribution in [0.1, 0.15) is 21.5 Å². The van der Waals surface area contributed by atoms with Gasteiger partial charge < -0.3 is 0 Å². The quantitative estimate of drug-likeness (QED) is 0.350. The van der Waals surface area contributed by atoms with E-state index in [0.717, 1.165) is 8.95 Å². The van der Waals surface area contributed by atoms with Crippen LogP contribution in [0.15, 0.2) is 63.5 Å². The van der Waals surface area contributed by atoms with Gasteiger partial charge in [0, 0.05) is 8.95 Å². The summed E-state index contributed by atoms with van der Waals surface area (Å²) in [5.41, 5.74) is 3.86. The molecule has 1 atom stereocenters. The topological polar surface area (TPSA) is 0 Å². The Morgan fingerprint density at radius 1 is 0.810 bits per heavy atom. The van der Waals surface area contributed by atoms with Crippen LogP contribution in [0.5, 0.6) is 0 Å². The van der Waals surface area contributed by atoms with E-state index in [0.29, 0.717) is 0 Å². The fourth-order valence-electron chi connectivity index (χ4n) is 2.60. The number of aryl methyl sites for hydroxylation is 1. The highest BCUT2D eigenvalue weighted by atomic mass is 79.9. The number of rotatable bonds is 2. The molecule has 3 aromatic carbocycles. The Balaban J connectivity index is 2.18. The second-order valence-electron chi connectivity index (χ2n) is 5.05. The summed E-state index contributed by atoms with van der Waals surface area (Å²) in [6.07, 6.45) is 0. The minimum atomic E-state index is 0.184. The predicted molar refractivity (Wildman–Crippen MR) is 101 cm³/mol. The molecule has 21 heavy (non-hydrogen) atoms. The first kappa shape index (κ1) is 15.3. The largest absolute Gasteiger partial charge is 0.0786 e. The predicted octanol–water partition coefficient (Wildman–Crippen LogP) is 7.16. The molecule has 0 aliphatic heterocycles. The van der Waals surface area contributed by atoms with Crippen LogP contribution in [0.3, 0.4) is 0 Å². The average molecular weight is 469 g/mol. The molecule has 0 heterocycles. The summed E-state index contributed by atoms with van der Waals surface area (Å²) in [5, 5.41) is 2.52. The van der Waals surface area contributed by atoms with Gasteiger partial charge in [-0.25, -0.2) is 0 Å². The maximum absolute atomic E-state index is 3.88. The minimum Gasteiger partial charge on any atom is -0.0786 e. The Kier molecular flexibility index (Phi) is 4.53. The number of halogens is 3. The molecule has 3 aromatic rings. The second-order valence-corrected chi connectivity index (χ2v) is 7.73. The third kappa shape index (κ3) is 2.96. The van der Waals surface area contributed by atoms with Crippen molar-refractivity contribution in [1.29, 1.82) is 0 Å². The number of benzene rings is 3. The molecule has 0 saturated heterocycles. The molecule has 0 aliphatic carbocycles. The molecule has 0 bridgehead atoms. The van der Waals surface area contributed by atoms with E-state index in [1.54, 1.807) is 0 Å². The first-order valence-corrected chi connectivity index (χ1v) is 9.15. The Bertz CT molecular complexity index is 809. The second kappa shape index (κ2) is 6.23. The SMILES string of the molecule is Cc1cc(Br)ccc1C(Br)c1ccc(Br)c2ccccc12. The smallest absolute Gasteiger partial charge is 0.0653 e. The van der Waals surface area contributed by atoms with Gasteiger partial charge in [-0.3, -0.25) is 0 Å². The van der Waals surface area contributed by atoms with Crippen LogP contribution >= 0.6 is 47.8 Å². The first-order chi connectivity index (χ1) is 10.1. The number of hydrogen-bond donors (Lipinski definition) is 0. The van der Waals surface area contributed by atoms with Crippen LogP contribution in [0.4, 0.5) is 0 Å². The maximum atomic E-state index is 3.88. The van der Waals surface area contributed by atoms with Crippen molar-refractivity contribution in [3.63, 3.8) is 0 Å². The number of hydrogen-bond acceptors (Lipinski definition) is 0. The molecule has 0 N–H and O–H groups in total. The number of fused-ring (bicyclic) bond motifs is 1. The van der Waals surface area contributed by atoms with Crippen molar-refractivity contribution >= 4 is 58.6 Å². The van der Waals surface area contributed by atoms with E-state index in [9.17, 15) is 0 Å². The van der Waals surface area contributed by atoms with Crippen LogP contribution in [-0.2, 0) is 0 Å². The van der Waals surface area contributed by atoms with Gasteiger partial charge in [-0.2, -0.15) is 0 Å². The lowest BCUT2D eigenvalue weighted by molar-refractivity contribution is 1.15. The first-order valence-electron chi connectivity index (χ1n) is 6.65. The van der Waals surface area contributed by atoms with Gasteiger partial charge >= 0.3 is 0 Å². The van der Waals surface area contributed by atoms with Gasteiger partial charge in [-0.15, -0.1) is 0 Å². The summed E-state index contributed by atoms with van der Waals surface area (Å²) < 4.78 is 2.25. The molecule has 0 aromatic heterocycles. The molecule has 1 unspecified atom stereocenters. The zero-order valence-electron chi connectivity index (χ0n) is 11.4. The normalized spacial score (nSPS) is 12.6. The average Bonchev–Trinajstić information content (AvgIpc) is 2.47. The standard InChI is InChI=1S/C18H13Br3/c1-11-10-12(19)6-7-13(11)18(21)16-8-9-17(20)15-5-3-2-4-14(15)16/h2-10,18H,1H3. The Morgan fingerprint density at radius 3 is 2.19 bits per heavy atom. The van der Waals surface area contributed by atoms with Crippen LogP contribution in [0.2, 0.25) is 0 Å². The molecule has 106 valence electrons. The van der Waals surface area contributed by atoms with E-state index in [1.165, 1.54) is 27.5 Å². The zero-order valence-corrected chi connectivity index (χ0v) is 16.2. The highest BCUT2D eigenvalue weighted by Crippen LogP contribution is 2.39. The number of alkyl halides is 1. The summed E-state index contributed by atoms with van der Waals surface area (Å²) >= 11 is 11.1. The van der Waals surface area contributed by atoms with Gasteiger partial charge in [-0.05, 0) is 52.6 Å². The summed E-state index contributed by atoms with van der Waals surface area (Å²) in [7, 11) is 0. The molecule has 0 nitrogen and oxygen atoms in total. The Hall–Kier alpha value is -0.640. The summed E-state index contributed by atoms with van der Waals surface area (Å²) in [4.78, 5) is 0.184. The van der Waals surface area contributed by atoms with E-state index in [4.69, 9.17) is 0 Å². The third-order valence-electron chi connectivity index (χ3n) is 3.68. The zero-order chi connectivity index (χ0) is 15.0. The fraction of sp³-hybridized carbons (Fsp3) is 0.111. The Morgan fingerprint density at radius 2 is 1.48 bits per heavy atom. The molecular formula is C18H13Br3. The van der Waals surface area contributed by atoms with Crippen LogP contribution in [-0.4, -0.2) is 0 Å². The molecule has 0 amide bonds. The van der Waals surface area contributed by atoms with Crippen molar-refractivity contribution in [1.82, 2.24) is 0 Å². The van der Waals surface area contributed by atoms with E-state index >= 15 is 0 Å². The van der Waals surface area contributed by atoms with Crippen molar-refractivity contribution in [3.8, 4) is 0 Å². The fourth-order valence-corrected chi connectivity index (χ4v) is 4.46. The van der Waals surface area contributed by atoms with Crippen molar-refractivity contribution < 1.29 is 0 Å². The van der Waals surface area contributed by atoms with Crippen LogP contribution in [0, 0.1) is 6.92 Å². The van der Waals surface area contributed by atoms with Gasteiger partial charge in [0.05, 0.1) is 4.83 Å². The third-order valence-corrected chi connectivity index (χ3v) is 5.85. The van der Waals surface area contributed by atoms with Crippen molar-refractivity contribution in [3.05, 3.63) is 80.2 Å². The molecule has 0 radical (unpaired) electrons. The highest BCUT2D eigenvalue weighted by Gasteiger charge is 2.16. The van der Waals surface area contributed by atoms with Crippen LogP contribution in [0.25, 0.3) is 10.8 Å². The lowest BCUT2D eigenvalue weighted by Crippen LogP contribution is -1.97. The van der Waals surface area contributed by atoms with Crippen molar-refractivity contribution in [2.24, 2.45) is 0 Å². The summed E-state index contributed by atoms with van der Waals surface area (Å²) in [5.74, 6) is 0. The van der Waals surface area contributed by atoms with Gasteiger partial charge in [0.2, 0.25) is 0 Å². The van der Waals surface area contributed by atoms with Gasteiger partial charge in [0.15, 0.2) is 0 Å². The molecule has 0 fully saturated rings.